The van der Waals surface area contributed by atoms with Crippen molar-refractivity contribution in [3.63, 3.8) is 0 Å². The topological polar surface area (TPSA) is 76.1 Å². The van der Waals surface area contributed by atoms with Gasteiger partial charge in [-0.1, -0.05) is 30.3 Å². The Morgan fingerprint density at radius 2 is 2.23 bits per heavy atom. The highest BCUT2D eigenvalue weighted by Crippen LogP contribution is 2.20. The third-order valence-corrected chi connectivity index (χ3v) is 4.19. The first kappa shape index (κ1) is 14.9. The number of rotatable bonds is 4. The van der Waals surface area contributed by atoms with Gasteiger partial charge in [0.15, 0.2) is 5.82 Å². The molecule has 1 aliphatic heterocycles. The zero-order valence-corrected chi connectivity index (χ0v) is 13.1. The molecule has 2 aromatic rings. The zero-order valence-electron chi connectivity index (χ0n) is 12.3. The van der Waals surface area contributed by atoms with E-state index in [9.17, 15) is 4.79 Å². The summed E-state index contributed by atoms with van der Waals surface area (Å²) in [7, 11) is 0. The van der Waals surface area contributed by atoms with Crippen LogP contribution in [-0.2, 0) is 4.74 Å². The molecule has 2 amide bonds. The lowest BCUT2D eigenvalue weighted by Crippen LogP contribution is -2.42. The van der Waals surface area contributed by atoms with Crippen molar-refractivity contribution in [3.05, 3.63) is 30.3 Å². The molecule has 1 aromatic carbocycles. The lowest BCUT2D eigenvalue weighted by molar-refractivity contribution is 0.0868. The maximum Gasteiger partial charge on any atom is 0.321 e. The second-order valence-corrected chi connectivity index (χ2v) is 5.98. The van der Waals surface area contributed by atoms with Gasteiger partial charge in [0, 0.05) is 23.7 Å². The van der Waals surface area contributed by atoms with Crippen molar-refractivity contribution in [2.75, 3.05) is 11.9 Å². The molecule has 2 N–H and O–H groups in total. The summed E-state index contributed by atoms with van der Waals surface area (Å²) in [5.41, 5.74) is 0.930. The highest BCUT2D eigenvalue weighted by molar-refractivity contribution is 7.10. The lowest BCUT2D eigenvalue weighted by Gasteiger charge is -2.19. The number of urea groups is 1. The van der Waals surface area contributed by atoms with Crippen LogP contribution in [-0.4, -0.2) is 34.1 Å². The van der Waals surface area contributed by atoms with Crippen molar-refractivity contribution in [3.8, 4) is 11.4 Å². The summed E-state index contributed by atoms with van der Waals surface area (Å²) < 4.78 is 9.82. The van der Waals surface area contributed by atoms with Crippen LogP contribution in [0.4, 0.5) is 9.93 Å². The van der Waals surface area contributed by atoms with Gasteiger partial charge in [0.2, 0.25) is 5.13 Å². The van der Waals surface area contributed by atoms with E-state index in [1.807, 2.05) is 37.3 Å². The number of ether oxygens (including phenoxy) is 1. The van der Waals surface area contributed by atoms with Gasteiger partial charge < -0.3 is 10.1 Å². The molecule has 1 aliphatic rings. The third kappa shape index (κ3) is 3.61. The highest BCUT2D eigenvalue weighted by Gasteiger charge is 2.23. The molecule has 0 saturated carbocycles. The Morgan fingerprint density at radius 3 is 2.95 bits per heavy atom. The molecule has 1 saturated heterocycles. The molecule has 7 heteroatoms. The second kappa shape index (κ2) is 6.85. The van der Waals surface area contributed by atoms with E-state index in [0.29, 0.717) is 11.0 Å². The van der Waals surface area contributed by atoms with Crippen LogP contribution in [0.5, 0.6) is 0 Å². The molecule has 1 fully saturated rings. The molecular weight excluding hydrogens is 300 g/mol. The SMILES string of the molecule is CC(NC(=O)Nc1nc(-c2ccccc2)ns1)C1CCCO1. The van der Waals surface area contributed by atoms with Gasteiger partial charge in [-0.05, 0) is 19.8 Å². The number of nitrogens with zero attached hydrogens (tertiary/aromatic N) is 2. The Balaban J connectivity index is 1.57. The average molecular weight is 318 g/mol. The minimum absolute atomic E-state index is 0.0241. The fraction of sp³-hybridized carbons (Fsp3) is 0.400. The number of carbonyl (C=O) groups excluding carboxylic acids is 1. The van der Waals surface area contributed by atoms with Crippen LogP contribution in [0, 0.1) is 0 Å². The van der Waals surface area contributed by atoms with E-state index in [-0.39, 0.29) is 18.2 Å². The van der Waals surface area contributed by atoms with Gasteiger partial charge in [0.1, 0.15) is 0 Å². The summed E-state index contributed by atoms with van der Waals surface area (Å²) in [5, 5.41) is 6.09. The fourth-order valence-electron chi connectivity index (χ4n) is 2.41. The van der Waals surface area contributed by atoms with Crippen LogP contribution < -0.4 is 10.6 Å². The van der Waals surface area contributed by atoms with Crippen LogP contribution in [0.2, 0.25) is 0 Å². The Hall–Kier alpha value is -1.99. The number of carbonyl (C=O) groups is 1. The molecule has 2 atom stereocenters. The van der Waals surface area contributed by atoms with Crippen molar-refractivity contribution in [1.82, 2.24) is 14.7 Å². The van der Waals surface area contributed by atoms with Crippen molar-refractivity contribution in [2.24, 2.45) is 0 Å². The highest BCUT2D eigenvalue weighted by atomic mass is 32.1. The Kier molecular flexibility index (Phi) is 4.65. The summed E-state index contributed by atoms with van der Waals surface area (Å²) >= 11 is 1.17. The van der Waals surface area contributed by atoms with E-state index in [2.05, 4.69) is 20.0 Å². The largest absolute Gasteiger partial charge is 0.376 e. The normalized spacial score (nSPS) is 18.9. The molecule has 3 rings (SSSR count). The van der Waals surface area contributed by atoms with E-state index in [0.717, 1.165) is 25.0 Å². The van der Waals surface area contributed by atoms with E-state index >= 15 is 0 Å². The van der Waals surface area contributed by atoms with E-state index in [4.69, 9.17) is 4.74 Å². The number of hydrogen-bond acceptors (Lipinski definition) is 5. The Bertz CT molecular complexity index is 625. The second-order valence-electron chi connectivity index (χ2n) is 5.23. The Labute approximate surface area is 133 Å². The summed E-state index contributed by atoms with van der Waals surface area (Å²) in [4.78, 5) is 16.3. The molecule has 0 radical (unpaired) electrons. The molecule has 2 heterocycles. The van der Waals surface area contributed by atoms with Crippen molar-refractivity contribution >= 4 is 22.7 Å². The third-order valence-electron chi connectivity index (χ3n) is 3.56. The predicted molar refractivity (Wildman–Crippen MR) is 85.9 cm³/mol. The number of nitrogens with one attached hydrogen (secondary N) is 2. The average Bonchev–Trinajstić information content (AvgIpc) is 3.19. The minimum Gasteiger partial charge on any atom is -0.376 e. The summed E-state index contributed by atoms with van der Waals surface area (Å²) in [6, 6.07) is 9.37. The number of hydrogen-bond donors (Lipinski definition) is 2. The van der Waals surface area contributed by atoms with Gasteiger partial charge >= 0.3 is 6.03 Å². The molecule has 1 aromatic heterocycles. The number of amides is 2. The van der Waals surface area contributed by atoms with Crippen LogP contribution in [0.3, 0.4) is 0 Å². The molecule has 6 nitrogen and oxygen atoms in total. The maximum absolute atomic E-state index is 12.0. The summed E-state index contributed by atoms with van der Waals surface area (Å²) in [6.45, 7) is 2.72. The van der Waals surface area contributed by atoms with Gasteiger partial charge in [0.05, 0.1) is 12.1 Å². The predicted octanol–water partition coefficient (Wildman–Crippen LogP) is 2.89. The van der Waals surface area contributed by atoms with Crippen LogP contribution in [0.25, 0.3) is 11.4 Å². The van der Waals surface area contributed by atoms with Crippen molar-refractivity contribution < 1.29 is 9.53 Å². The fourth-order valence-corrected chi connectivity index (χ4v) is 2.99. The zero-order chi connectivity index (χ0) is 15.4. The lowest BCUT2D eigenvalue weighted by atomic mass is 10.1. The van der Waals surface area contributed by atoms with Crippen LogP contribution in [0.15, 0.2) is 30.3 Å². The first-order chi connectivity index (χ1) is 10.7. The first-order valence-corrected chi connectivity index (χ1v) is 8.08. The molecular formula is C15H18N4O2S. The number of aromatic nitrogens is 2. The van der Waals surface area contributed by atoms with Gasteiger partial charge in [-0.15, -0.1) is 0 Å². The monoisotopic (exact) mass is 318 g/mol. The molecule has 22 heavy (non-hydrogen) atoms. The van der Waals surface area contributed by atoms with Gasteiger partial charge in [0.25, 0.3) is 0 Å². The van der Waals surface area contributed by atoms with Crippen molar-refractivity contribution in [1.29, 1.82) is 0 Å². The standard InChI is InChI=1S/C15H18N4O2S/c1-10(12-8-5-9-21-12)16-14(20)18-15-17-13(19-22-15)11-6-3-2-4-7-11/h2-4,6-7,10,12H,5,8-9H2,1H3,(H2,16,17,18,19,20). The van der Waals surface area contributed by atoms with Crippen molar-refractivity contribution in [2.45, 2.75) is 31.9 Å². The Morgan fingerprint density at radius 1 is 1.41 bits per heavy atom. The maximum atomic E-state index is 12.0. The van der Waals surface area contributed by atoms with Gasteiger partial charge in [-0.2, -0.15) is 9.36 Å². The van der Waals surface area contributed by atoms with Crippen LogP contribution in [0.1, 0.15) is 19.8 Å². The molecule has 2 unspecified atom stereocenters. The minimum atomic E-state index is -0.279. The number of benzene rings is 1. The quantitative estimate of drug-likeness (QED) is 0.909. The van der Waals surface area contributed by atoms with E-state index < -0.39 is 0 Å². The smallest absolute Gasteiger partial charge is 0.321 e. The van der Waals surface area contributed by atoms with Gasteiger partial charge in [-0.25, -0.2) is 4.79 Å². The summed E-state index contributed by atoms with van der Waals surface area (Å²) in [6.07, 6.45) is 2.13. The van der Waals surface area contributed by atoms with E-state index in [1.54, 1.807) is 0 Å². The summed E-state index contributed by atoms with van der Waals surface area (Å²) in [5.74, 6) is 0.619. The van der Waals surface area contributed by atoms with Crippen LogP contribution >= 0.6 is 11.5 Å². The molecule has 0 aliphatic carbocycles. The molecule has 116 valence electrons. The number of anilines is 1. The van der Waals surface area contributed by atoms with Gasteiger partial charge in [-0.3, -0.25) is 5.32 Å². The van der Waals surface area contributed by atoms with E-state index in [1.165, 1.54) is 11.5 Å². The first-order valence-electron chi connectivity index (χ1n) is 7.30. The molecule has 0 bridgehead atoms. The molecule has 0 spiro atoms.